The number of carboxylic acid groups (broad SMARTS) is 1. The molecule has 1 saturated heterocycles. The van der Waals surface area contributed by atoms with Crippen molar-refractivity contribution in [2.24, 2.45) is 5.92 Å². The van der Waals surface area contributed by atoms with E-state index < -0.39 is 11.9 Å². The number of hydrogen-bond acceptors (Lipinski definition) is 5. The maximum Gasteiger partial charge on any atom is 0.307 e. The predicted molar refractivity (Wildman–Crippen MR) is 148 cm³/mol. The van der Waals surface area contributed by atoms with Gasteiger partial charge in [-0.2, -0.15) is 0 Å². The van der Waals surface area contributed by atoms with Crippen molar-refractivity contribution in [3.8, 4) is 11.1 Å². The number of ketones is 1. The molecule has 0 saturated carbocycles. The number of nitrogens with one attached hydrogen (secondary N) is 2. The number of carbonyl (C=O) groups excluding carboxylic acids is 2. The Morgan fingerprint density at radius 2 is 1.66 bits per heavy atom. The number of halogens is 2. The summed E-state index contributed by atoms with van der Waals surface area (Å²) in [4.78, 5) is 36.5. The summed E-state index contributed by atoms with van der Waals surface area (Å²) in [7, 11) is 1.50. The van der Waals surface area contributed by atoms with Gasteiger partial charge in [0, 0.05) is 59.9 Å². The number of carbonyl (C=O) groups is 3. The van der Waals surface area contributed by atoms with Crippen molar-refractivity contribution in [3.63, 3.8) is 0 Å². The molecule has 3 atom stereocenters. The second kappa shape index (κ2) is 12.5. The molecule has 1 aliphatic heterocycles. The number of aliphatic carboxylic acids is 1. The molecule has 1 fully saturated rings. The third-order valence-corrected chi connectivity index (χ3v) is 7.11. The molecule has 0 radical (unpaired) electrons. The minimum atomic E-state index is -1.00. The molecule has 0 aromatic heterocycles. The van der Waals surface area contributed by atoms with E-state index in [0.717, 1.165) is 16.7 Å². The van der Waals surface area contributed by atoms with Gasteiger partial charge in [0.05, 0.1) is 5.92 Å². The highest BCUT2D eigenvalue weighted by molar-refractivity contribution is 6.35. The molecule has 3 aromatic carbocycles. The first-order valence-corrected chi connectivity index (χ1v) is 13.0. The zero-order chi connectivity index (χ0) is 27.2. The lowest BCUT2D eigenvalue weighted by Gasteiger charge is -2.11. The van der Waals surface area contributed by atoms with Gasteiger partial charge in [0.25, 0.3) is 0 Å². The molecule has 38 heavy (non-hydrogen) atoms. The van der Waals surface area contributed by atoms with E-state index in [4.69, 9.17) is 27.9 Å². The van der Waals surface area contributed by atoms with Crippen LogP contribution in [0, 0.1) is 5.92 Å². The van der Waals surface area contributed by atoms with Gasteiger partial charge >= 0.3 is 5.97 Å². The largest absolute Gasteiger partial charge is 0.481 e. The summed E-state index contributed by atoms with van der Waals surface area (Å²) in [6.45, 7) is 0.288. The normalized spacial score (nSPS) is 17.0. The van der Waals surface area contributed by atoms with Gasteiger partial charge in [-0.15, -0.1) is 0 Å². The smallest absolute Gasteiger partial charge is 0.307 e. The fraction of sp³-hybridized carbons (Fsp3) is 0.276. The Bertz CT molecular complexity index is 1310. The summed E-state index contributed by atoms with van der Waals surface area (Å²) in [6, 6.07) is 19.9. The maximum absolute atomic E-state index is 12.6. The summed E-state index contributed by atoms with van der Waals surface area (Å²) in [5.41, 5.74) is 3.90. The Labute approximate surface area is 231 Å². The van der Waals surface area contributed by atoms with Crippen LogP contribution in [0.25, 0.3) is 11.1 Å². The van der Waals surface area contributed by atoms with Gasteiger partial charge in [-0.25, -0.2) is 0 Å². The Morgan fingerprint density at radius 1 is 1.00 bits per heavy atom. The molecular formula is C29H28Cl2N2O5. The van der Waals surface area contributed by atoms with Crippen molar-refractivity contribution >= 4 is 46.5 Å². The molecule has 1 amide bonds. The molecule has 1 aliphatic rings. The maximum atomic E-state index is 12.6. The second-order valence-corrected chi connectivity index (χ2v) is 10.1. The van der Waals surface area contributed by atoms with Crippen LogP contribution in [0.15, 0.2) is 66.7 Å². The van der Waals surface area contributed by atoms with Gasteiger partial charge in [-0.1, -0.05) is 65.7 Å². The molecule has 198 valence electrons. The minimum absolute atomic E-state index is 0.0138. The highest BCUT2D eigenvalue weighted by Gasteiger charge is 2.40. The lowest BCUT2D eigenvalue weighted by atomic mass is 9.94. The van der Waals surface area contributed by atoms with Crippen molar-refractivity contribution < 1.29 is 24.2 Å². The summed E-state index contributed by atoms with van der Waals surface area (Å²) in [5.74, 6) is -2.10. The van der Waals surface area contributed by atoms with Crippen LogP contribution in [0.3, 0.4) is 0 Å². The molecule has 3 N–H and O–H groups in total. The average molecular weight is 555 g/mol. The van der Waals surface area contributed by atoms with Crippen molar-refractivity contribution in [3.05, 3.63) is 87.9 Å². The first kappa shape index (κ1) is 27.8. The number of methoxy groups -OCH3 is 1. The number of Topliss-reactive ketones (excluding diaryl/α,β-unsaturated/α-hetero) is 1. The van der Waals surface area contributed by atoms with E-state index in [-0.39, 0.29) is 43.2 Å². The van der Waals surface area contributed by atoms with Crippen molar-refractivity contribution in [2.75, 3.05) is 19.0 Å². The first-order valence-electron chi connectivity index (χ1n) is 12.2. The molecule has 1 heterocycles. The van der Waals surface area contributed by atoms with Crippen LogP contribution in [0.1, 0.15) is 41.2 Å². The number of amides is 1. The number of benzene rings is 3. The Balaban J connectivity index is 1.30. The summed E-state index contributed by atoms with van der Waals surface area (Å²) < 4.78 is 4.94. The first-order chi connectivity index (χ1) is 18.2. The third kappa shape index (κ3) is 7.20. The average Bonchev–Trinajstić information content (AvgIpc) is 3.65. The Morgan fingerprint density at radius 3 is 2.26 bits per heavy atom. The molecule has 4 rings (SSSR count). The van der Waals surface area contributed by atoms with E-state index in [1.165, 1.54) is 7.11 Å². The Hall–Kier alpha value is -3.23. The fourth-order valence-corrected chi connectivity index (χ4v) is 4.86. The standard InChI is InChI=1S/C29H28Cl2N2O5/c1-38-13-12-20(29(36)37)14-26(34)19-4-2-17(3-5-19)18-6-9-22(10-7-18)32-27(35)16-25-28(33-25)23-11-8-21(30)15-24(23)31/h2-11,15,20,25,28,33H,12-14,16H2,1H3,(H,32,35)(H,36,37). The summed E-state index contributed by atoms with van der Waals surface area (Å²) in [6.07, 6.45) is 0.526. The van der Waals surface area contributed by atoms with Crippen LogP contribution in [0.4, 0.5) is 5.69 Å². The van der Waals surface area contributed by atoms with Crippen molar-refractivity contribution in [2.45, 2.75) is 31.3 Å². The van der Waals surface area contributed by atoms with Crippen LogP contribution >= 0.6 is 23.2 Å². The van der Waals surface area contributed by atoms with Gasteiger partial charge in [-0.05, 0) is 47.4 Å². The number of hydrogen-bond donors (Lipinski definition) is 3. The van der Waals surface area contributed by atoms with E-state index in [1.807, 2.05) is 42.5 Å². The molecule has 3 aromatic rings. The molecule has 0 aliphatic carbocycles. The number of carboxylic acids is 1. The number of ether oxygens (including phenoxy) is 1. The third-order valence-electron chi connectivity index (χ3n) is 6.55. The van der Waals surface area contributed by atoms with E-state index in [9.17, 15) is 19.5 Å². The van der Waals surface area contributed by atoms with E-state index in [1.54, 1.807) is 24.3 Å². The second-order valence-electron chi connectivity index (χ2n) is 9.27. The molecular weight excluding hydrogens is 527 g/mol. The van der Waals surface area contributed by atoms with Crippen LogP contribution < -0.4 is 10.6 Å². The quantitative estimate of drug-likeness (QED) is 0.186. The van der Waals surface area contributed by atoms with Crippen molar-refractivity contribution in [1.82, 2.24) is 5.32 Å². The lowest BCUT2D eigenvalue weighted by molar-refractivity contribution is -0.142. The molecule has 9 heteroatoms. The van der Waals surface area contributed by atoms with Gasteiger partial charge in [0.1, 0.15) is 0 Å². The SMILES string of the molecule is COCCC(CC(=O)c1ccc(-c2ccc(NC(=O)CC3NC3c3ccc(Cl)cc3Cl)cc2)cc1)C(=O)O. The van der Waals surface area contributed by atoms with Gasteiger partial charge in [0.2, 0.25) is 5.91 Å². The predicted octanol–water partition coefficient (Wildman–Crippen LogP) is 6.01. The van der Waals surface area contributed by atoms with Crippen LogP contribution in [0.5, 0.6) is 0 Å². The Kier molecular flexibility index (Phi) is 9.17. The van der Waals surface area contributed by atoms with Crippen LogP contribution in [-0.2, 0) is 14.3 Å². The molecule has 3 unspecified atom stereocenters. The van der Waals surface area contributed by atoms with Crippen LogP contribution in [0.2, 0.25) is 10.0 Å². The zero-order valence-corrected chi connectivity index (χ0v) is 22.3. The molecule has 0 spiro atoms. The van der Waals surface area contributed by atoms with Gasteiger partial charge < -0.3 is 20.5 Å². The fourth-order valence-electron chi connectivity index (χ4n) is 4.33. The monoisotopic (exact) mass is 554 g/mol. The highest BCUT2D eigenvalue weighted by atomic mass is 35.5. The minimum Gasteiger partial charge on any atom is -0.481 e. The summed E-state index contributed by atoms with van der Waals surface area (Å²) >= 11 is 12.2. The van der Waals surface area contributed by atoms with E-state index in [2.05, 4.69) is 10.6 Å². The molecule has 0 bridgehead atoms. The van der Waals surface area contributed by atoms with Gasteiger partial charge in [0.15, 0.2) is 5.78 Å². The number of anilines is 1. The lowest BCUT2D eigenvalue weighted by Crippen LogP contribution is -2.19. The molecule has 7 nitrogen and oxygen atoms in total. The highest BCUT2D eigenvalue weighted by Crippen LogP contribution is 2.37. The van der Waals surface area contributed by atoms with E-state index >= 15 is 0 Å². The topological polar surface area (TPSA) is 115 Å². The van der Waals surface area contributed by atoms with Crippen LogP contribution in [-0.4, -0.2) is 42.5 Å². The van der Waals surface area contributed by atoms with E-state index in [0.29, 0.717) is 27.7 Å². The summed E-state index contributed by atoms with van der Waals surface area (Å²) in [5, 5.41) is 16.7. The zero-order valence-electron chi connectivity index (χ0n) is 20.7. The number of rotatable bonds is 12. The van der Waals surface area contributed by atoms with Crippen molar-refractivity contribution in [1.29, 1.82) is 0 Å². The van der Waals surface area contributed by atoms with Gasteiger partial charge in [-0.3, -0.25) is 14.4 Å².